The number of hydrogen-bond acceptors (Lipinski definition) is 4. The molecule has 0 heterocycles. The lowest BCUT2D eigenvalue weighted by Gasteiger charge is -2.04. The van der Waals surface area contributed by atoms with Crippen LogP contribution in [0.15, 0.2) is 147 Å². The Labute approximate surface area is 224 Å². The maximum Gasteiger partial charge on any atom is 0.189 e. The molecule has 0 aliphatic carbocycles. The van der Waals surface area contributed by atoms with Crippen LogP contribution in [0.5, 0.6) is 0 Å². The minimum Gasteiger partial charge on any atom is -0.189 e. The molecule has 168 valence electrons. The van der Waals surface area contributed by atoms with Crippen molar-refractivity contribution in [2.75, 3.05) is 0 Å². The second kappa shape index (κ2) is 12.8. The van der Waals surface area contributed by atoms with Gasteiger partial charge in [-0.15, -0.1) is 10.2 Å². The molecule has 0 amide bonds. The first-order valence-electron chi connectivity index (χ1n) is 10.2. The zero-order valence-corrected chi connectivity index (χ0v) is 22.6. The van der Waals surface area contributed by atoms with Gasteiger partial charge in [0.25, 0.3) is 0 Å². The molecule has 0 fully saturated rings. The fourth-order valence-corrected chi connectivity index (χ4v) is 4.79. The lowest BCUT2D eigenvalue weighted by atomic mass is 10.2. The summed E-state index contributed by atoms with van der Waals surface area (Å²) in [5, 5.41) is 9.09. The molecule has 0 radical (unpaired) electrons. The van der Waals surface area contributed by atoms with E-state index in [0.29, 0.717) is 11.7 Å². The van der Waals surface area contributed by atoms with Gasteiger partial charge in [0, 0.05) is 53.8 Å². The van der Waals surface area contributed by atoms with Gasteiger partial charge < -0.3 is 0 Å². The molecule has 34 heavy (non-hydrogen) atoms. The smallest absolute Gasteiger partial charge is 0.189 e. The highest BCUT2D eigenvalue weighted by Gasteiger charge is 2.08. The van der Waals surface area contributed by atoms with Gasteiger partial charge in [0.1, 0.15) is 0 Å². The van der Waals surface area contributed by atoms with Gasteiger partial charge in [-0.2, -0.15) is 8.80 Å². The minimum atomic E-state index is 0.502. The monoisotopic (exact) mass is 608 g/mol. The van der Waals surface area contributed by atoms with E-state index in [-0.39, 0.29) is 0 Å². The van der Waals surface area contributed by atoms with Crippen molar-refractivity contribution in [1.29, 1.82) is 0 Å². The van der Waals surface area contributed by atoms with Gasteiger partial charge in [0.15, 0.2) is 11.7 Å². The Morgan fingerprint density at radius 2 is 0.912 bits per heavy atom. The second-order valence-electron chi connectivity index (χ2n) is 6.86. The van der Waals surface area contributed by atoms with Crippen molar-refractivity contribution in [1.82, 2.24) is 0 Å². The number of rotatable bonds is 6. The Kier molecular flexibility index (Phi) is 9.27. The molecule has 0 aliphatic heterocycles. The van der Waals surface area contributed by atoms with Gasteiger partial charge >= 0.3 is 0 Å². The predicted octanol–water partition coefficient (Wildman–Crippen LogP) is 9.27. The fraction of sp³-hybridized carbons (Fsp3) is 0. The summed E-state index contributed by atoms with van der Waals surface area (Å²) in [6, 6.07) is 35.6. The zero-order valence-electron chi connectivity index (χ0n) is 17.8. The number of amidine groups is 2. The third kappa shape index (κ3) is 7.50. The first kappa shape index (κ1) is 24.6. The quantitative estimate of drug-likeness (QED) is 0.0946. The van der Waals surface area contributed by atoms with Crippen molar-refractivity contribution in [2.24, 2.45) is 19.0 Å². The molecule has 4 nitrogen and oxygen atoms in total. The first-order valence-corrected chi connectivity index (χ1v) is 13.3. The van der Waals surface area contributed by atoms with Crippen molar-refractivity contribution in [2.45, 2.75) is 9.79 Å². The summed E-state index contributed by atoms with van der Waals surface area (Å²) in [5.74, 6) is 1.00. The predicted molar refractivity (Wildman–Crippen MR) is 151 cm³/mol. The molecule has 0 aliphatic rings. The third-order valence-corrected chi connectivity index (χ3v) is 6.85. The molecule has 0 saturated heterocycles. The maximum absolute atomic E-state index is 4.69. The van der Waals surface area contributed by atoms with Gasteiger partial charge in [-0.1, -0.05) is 92.5 Å². The molecule has 0 atom stereocenters. The second-order valence-corrected chi connectivity index (χ2v) is 10.4. The van der Waals surface area contributed by atoms with Crippen molar-refractivity contribution in [3.05, 3.63) is 129 Å². The summed E-state index contributed by atoms with van der Waals surface area (Å²) < 4.78 is 11.3. The van der Waals surface area contributed by atoms with E-state index in [1.807, 2.05) is 109 Å². The van der Waals surface area contributed by atoms with E-state index < -0.39 is 0 Å². The highest BCUT2D eigenvalue weighted by Crippen LogP contribution is 2.24. The average Bonchev–Trinajstić information content (AvgIpc) is 2.87. The normalized spacial score (nSPS) is 12.3. The molecular formula is C26H18Br2N4S2. The Hall–Kier alpha value is -2.52. The molecular weight excluding hydrogens is 592 g/mol. The highest BCUT2D eigenvalue weighted by molar-refractivity contribution is 9.10. The molecule has 4 aromatic carbocycles. The Bertz CT molecular complexity index is 1220. The Balaban J connectivity index is 1.69. The SMILES string of the molecule is Brc1cccc(C(/N=N/C(=N/Sc2ccccc2)c2cccc(Br)c2)=N\Sc2ccccc2)c1. The van der Waals surface area contributed by atoms with Crippen LogP contribution in [0.3, 0.4) is 0 Å². The molecule has 0 spiro atoms. The summed E-state index contributed by atoms with van der Waals surface area (Å²) in [6.45, 7) is 0. The van der Waals surface area contributed by atoms with Gasteiger partial charge in [-0.25, -0.2) is 0 Å². The number of hydrogen-bond donors (Lipinski definition) is 0. The standard InChI is InChI=1S/C26H18Br2N4S2/c27-21-11-7-9-19(17-21)25(31-33-23-13-3-1-4-14-23)29-30-26(20-10-8-12-22(28)18-20)32-34-24-15-5-2-6-16-24/h1-18H/b30-29+,31-25+,32-26+. The summed E-state index contributed by atoms with van der Waals surface area (Å²) in [6.07, 6.45) is 0. The van der Waals surface area contributed by atoms with Gasteiger partial charge in [0.05, 0.1) is 0 Å². The van der Waals surface area contributed by atoms with Crippen LogP contribution in [0.4, 0.5) is 0 Å². The Morgan fingerprint density at radius 1 is 0.500 bits per heavy atom. The van der Waals surface area contributed by atoms with Gasteiger partial charge in [-0.05, 0) is 48.5 Å². The van der Waals surface area contributed by atoms with Crippen LogP contribution in [0, 0.1) is 0 Å². The summed E-state index contributed by atoms with van der Waals surface area (Å²) in [4.78, 5) is 2.04. The summed E-state index contributed by atoms with van der Waals surface area (Å²) in [7, 11) is 0. The first-order chi connectivity index (χ1) is 16.7. The van der Waals surface area contributed by atoms with Crippen LogP contribution in [-0.2, 0) is 0 Å². The number of nitrogens with zero attached hydrogens (tertiary/aromatic N) is 4. The van der Waals surface area contributed by atoms with Crippen molar-refractivity contribution in [3.63, 3.8) is 0 Å². The molecule has 0 N–H and O–H groups in total. The summed E-state index contributed by atoms with van der Waals surface area (Å²) in [5.41, 5.74) is 1.71. The minimum absolute atomic E-state index is 0.502. The lowest BCUT2D eigenvalue weighted by Crippen LogP contribution is -2.00. The van der Waals surface area contributed by atoms with Crippen LogP contribution in [-0.4, -0.2) is 11.7 Å². The van der Waals surface area contributed by atoms with Crippen LogP contribution in [0.25, 0.3) is 0 Å². The summed E-state index contributed by atoms with van der Waals surface area (Å²) >= 11 is 9.78. The van der Waals surface area contributed by atoms with E-state index in [2.05, 4.69) is 50.9 Å². The molecule has 0 bridgehead atoms. The van der Waals surface area contributed by atoms with E-state index in [1.165, 1.54) is 23.9 Å². The zero-order chi connectivity index (χ0) is 23.6. The van der Waals surface area contributed by atoms with Gasteiger partial charge in [-0.3, -0.25) is 0 Å². The molecule has 0 saturated carbocycles. The molecule has 8 heteroatoms. The van der Waals surface area contributed by atoms with E-state index in [1.54, 1.807) is 0 Å². The van der Waals surface area contributed by atoms with E-state index in [0.717, 1.165) is 29.9 Å². The lowest BCUT2D eigenvalue weighted by molar-refractivity contribution is 1.30. The van der Waals surface area contributed by atoms with Crippen LogP contribution >= 0.6 is 55.8 Å². The van der Waals surface area contributed by atoms with E-state index in [9.17, 15) is 0 Å². The van der Waals surface area contributed by atoms with Crippen molar-refractivity contribution in [3.8, 4) is 0 Å². The molecule has 4 rings (SSSR count). The van der Waals surface area contributed by atoms with Crippen molar-refractivity contribution < 1.29 is 0 Å². The van der Waals surface area contributed by atoms with Crippen LogP contribution in [0.2, 0.25) is 0 Å². The highest BCUT2D eigenvalue weighted by atomic mass is 79.9. The Morgan fingerprint density at radius 3 is 1.29 bits per heavy atom. The molecule has 0 unspecified atom stereocenters. The fourth-order valence-electron chi connectivity index (χ4n) is 2.76. The largest absolute Gasteiger partial charge is 0.189 e. The van der Waals surface area contributed by atoms with E-state index >= 15 is 0 Å². The van der Waals surface area contributed by atoms with Gasteiger partial charge in [0.2, 0.25) is 0 Å². The molecule has 4 aromatic rings. The van der Waals surface area contributed by atoms with E-state index in [4.69, 9.17) is 0 Å². The number of halogens is 2. The van der Waals surface area contributed by atoms with Crippen molar-refractivity contribution >= 4 is 67.4 Å². The molecule has 0 aromatic heterocycles. The third-order valence-electron chi connectivity index (χ3n) is 4.37. The number of benzene rings is 4. The van der Waals surface area contributed by atoms with Crippen LogP contribution < -0.4 is 0 Å². The van der Waals surface area contributed by atoms with Crippen LogP contribution in [0.1, 0.15) is 11.1 Å². The maximum atomic E-state index is 4.69. The number of azo groups is 1. The topological polar surface area (TPSA) is 49.4 Å². The average molecular weight is 610 g/mol.